The van der Waals surface area contributed by atoms with Gasteiger partial charge in [-0.15, -0.1) is 0 Å². The van der Waals surface area contributed by atoms with Gasteiger partial charge in [-0.2, -0.15) is 4.31 Å². The number of carbonyl (C=O) groups excluding carboxylic acids is 1. The molecule has 0 fully saturated rings. The first kappa shape index (κ1) is 18.6. The lowest BCUT2D eigenvalue weighted by Gasteiger charge is -2.23. The van der Waals surface area contributed by atoms with E-state index in [1.165, 1.54) is 11.4 Å². The van der Waals surface area contributed by atoms with Gasteiger partial charge in [-0.1, -0.05) is 39.3 Å². The highest BCUT2D eigenvalue weighted by Crippen LogP contribution is 2.18. The third-order valence-corrected chi connectivity index (χ3v) is 5.49. The molecule has 0 amide bonds. The monoisotopic (exact) mass is 327 g/mol. The van der Waals surface area contributed by atoms with Crippen molar-refractivity contribution in [2.24, 2.45) is 5.92 Å². The number of aryl methyl sites for hydroxylation is 1. The van der Waals surface area contributed by atoms with Gasteiger partial charge in [0, 0.05) is 13.1 Å². The molecule has 124 valence electrons. The lowest BCUT2D eigenvalue weighted by Crippen LogP contribution is -2.37. The molecule has 0 heterocycles. The number of esters is 1. The van der Waals surface area contributed by atoms with E-state index in [9.17, 15) is 13.2 Å². The van der Waals surface area contributed by atoms with E-state index < -0.39 is 21.9 Å². The van der Waals surface area contributed by atoms with Gasteiger partial charge in [-0.05, 0) is 24.1 Å². The molecule has 6 heteroatoms. The predicted molar refractivity (Wildman–Crippen MR) is 86.0 cm³/mol. The highest BCUT2D eigenvalue weighted by atomic mass is 32.2. The van der Waals surface area contributed by atoms with Crippen molar-refractivity contribution in [3.8, 4) is 0 Å². The number of sulfonamides is 1. The smallest absolute Gasteiger partial charge is 0.309 e. The number of hydrogen-bond donors (Lipinski definition) is 0. The Balaban J connectivity index is 2.96. The van der Waals surface area contributed by atoms with Crippen molar-refractivity contribution in [3.63, 3.8) is 0 Å². The lowest BCUT2D eigenvalue weighted by molar-refractivity contribution is -0.145. The molecule has 0 N–H and O–H groups in total. The van der Waals surface area contributed by atoms with Crippen LogP contribution in [0.2, 0.25) is 0 Å². The summed E-state index contributed by atoms with van der Waals surface area (Å²) in [6.07, 6.45) is 1.95. The van der Waals surface area contributed by atoms with Gasteiger partial charge >= 0.3 is 5.97 Å². The van der Waals surface area contributed by atoms with E-state index in [1.54, 1.807) is 26.0 Å². The number of rotatable bonds is 8. The molecule has 0 spiro atoms. The summed E-state index contributed by atoms with van der Waals surface area (Å²) in [5, 5.41) is 0. The van der Waals surface area contributed by atoms with Crippen LogP contribution < -0.4 is 0 Å². The molecule has 0 aromatic heterocycles. The van der Waals surface area contributed by atoms with E-state index in [1.807, 2.05) is 12.1 Å². The number of hydrogen-bond acceptors (Lipinski definition) is 4. The summed E-state index contributed by atoms with van der Waals surface area (Å²) in [7, 11) is -2.29. The van der Waals surface area contributed by atoms with Crippen molar-refractivity contribution >= 4 is 16.0 Å². The third kappa shape index (κ3) is 4.55. The Hall–Kier alpha value is -1.40. The quantitative estimate of drug-likeness (QED) is 0.688. The molecular formula is C16H25NO4S. The highest BCUT2D eigenvalue weighted by molar-refractivity contribution is 7.89. The molecule has 0 aliphatic carbocycles. The number of nitrogens with zero attached hydrogens (tertiary/aromatic N) is 1. The molecule has 0 bridgehead atoms. The fourth-order valence-electron chi connectivity index (χ4n) is 2.24. The molecule has 22 heavy (non-hydrogen) atoms. The zero-order valence-corrected chi connectivity index (χ0v) is 14.5. The summed E-state index contributed by atoms with van der Waals surface area (Å²) in [4.78, 5) is 11.8. The van der Waals surface area contributed by atoms with Gasteiger partial charge in [0.15, 0.2) is 0 Å². The fourth-order valence-corrected chi connectivity index (χ4v) is 3.78. The maximum Gasteiger partial charge on any atom is 0.309 e. The van der Waals surface area contributed by atoms with Crippen LogP contribution >= 0.6 is 0 Å². The first-order chi connectivity index (χ1) is 10.4. The molecule has 1 unspecified atom stereocenters. The largest absolute Gasteiger partial charge is 0.469 e. The number of methoxy groups -OCH3 is 1. The standard InChI is InChI=1S/C16H25NO4S/c1-5-7-14-8-10-15(11-9-14)22(19,20)17(6-2)12-13(3)16(18)21-4/h8-11,13H,5-7,12H2,1-4H3. The third-order valence-electron chi connectivity index (χ3n) is 3.53. The average Bonchev–Trinajstić information content (AvgIpc) is 2.52. The second kappa shape index (κ2) is 8.29. The van der Waals surface area contributed by atoms with Crippen molar-refractivity contribution < 1.29 is 17.9 Å². The van der Waals surface area contributed by atoms with Crippen LogP contribution in [0.25, 0.3) is 0 Å². The van der Waals surface area contributed by atoms with E-state index in [0.29, 0.717) is 6.54 Å². The number of benzene rings is 1. The van der Waals surface area contributed by atoms with Gasteiger partial charge in [-0.25, -0.2) is 8.42 Å². The molecule has 0 radical (unpaired) electrons. The number of carbonyl (C=O) groups is 1. The molecule has 0 saturated carbocycles. The summed E-state index contributed by atoms with van der Waals surface area (Å²) in [6, 6.07) is 6.94. The normalized spacial score (nSPS) is 13.1. The van der Waals surface area contributed by atoms with Gasteiger partial charge in [-0.3, -0.25) is 4.79 Å². The topological polar surface area (TPSA) is 63.7 Å². The fraction of sp³-hybridized carbons (Fsp3) is 0.562. The minimum atomic E-state index is -3.59. The molecular weight excluding hydrogens is 302 g/mol. The summed E-state index contributed by atoms with van der Waals surface area (Å²) in [6.45, 7) is 5.92. The Bertz CT molecular complexity index is 581. The van der Waals surface area contributed by atoms with Crippen molar-refractivity contribution in [1.29, 1.82) is 0 Å². The van der Waals surface area contributed by atoms with Crippen LogP contribution in [0.4, 0.5) is 0 Å². The Labute approximate surface area is 133 Å². The average molecular weight is 327 g/mol. The minimum Gasteiger partial charge on any atom is -0.469 e. The Morgan fingerprint density at radius 2 is 1.82 bits per heavy atom. The molecule has 5 nitrogen and oxygen atoms in total. The van der Waals surface area contributed by atoms with Gasteiger partial charge < -0.3 is 4.74 Å². The molecule has 0 aliphatic heterocycles. The zero-order chi connectivity index (χ0) is 16.8. The van der Waals surface area contributed by atoms with Gasteiger partial charge in [0.1, 0.15) is 0 Å². The van der Waals surface area contributed by atoms with Crippen LogP contribution in [-0.4, -0.2) is 38.9 Å². The molecule has 0 saturated heterocycles. The van der Waals surface area contributed by atoms with E-state index in [0.717, 1.165) is 18.4 Å². The van der Waals surface area contributed by atoms with E-state index in [2.05, 4.69) is 11.7 Å². The summed E-state index contributed by atoms with van der Waals surface area (Å²) in [5.41, 5.74) is 1.12. The molecule has 1 atom stereocenters. The Morgan fingerprint density at radius 3 is 2.27 bits per heavy atom. The van der Waals surface area contributed by atoms with Crippen LogP contribution in [0.3, 0.4) is 0 Å². The van der Waals surface area contributed by atoms with Gasteiger partial charge in [0.25, 0.3) is 0 Å². The maximum atomic E-state index is 12.7. The second-order valence-electron chi connectivity index (χ2n) is 5.27. The summed E-state index contributed by atoms with van der Waals surface area (Å²) >= 11 is 0. The van der Waals surface area contributed by atoms with Crippen LogP contribution in [0.15, 0.2) is 29.2 Å². The summed E-state index contributed by atoms with van der Waals surface area (Å²) in [5.74, 6) is -0.911. The van der Waals surface area contributed by atoms with Crippen LogP contribution in [-0.2, 0) is 26.0 Å². The zero-order valence-electron chi connectivity index (χ0n) is 13.7. The predicted octanol–water partition coefficient (Wildman–Crippen LogP) is 2.46. The van der Waals surface area contributed by atoms with Crippen LogP contribution in [0, 0.1) is 5.92 Å². The van der Waals surface area contributed by atoms with Crippen molar-refractivity contribution in [3.05, 3.63) is 29.8 Å². The van der Waals surface area contributed by atoms with Gasteiger partial charge in [0.2, 0.25) is 10.0 Å². The van der Waals surface area contributed by atoms with Crippen molar-refractivity contribution in [2.75, 3.05) is 20.2 Å². The first-order valence-corrected chi connectivity index (χ1v) is 8.97. The van der Waals surface area contributed by atoms with Crippen molar-refractivity contribution in [2.45, 2.75) is 38.5 Å². The highest BCUT2D eigenvalue weighted by Gasteiger charge is 2.27. The SMILES string of the molecule is CCCc1ccc(S(=O)(=O)N(CC)CC(C)C(=O)OC)cc1. The van der Waals surface area contributed by atoms with Crippen LogP contribution in [0.1, 0.15) is 32.8 Å². The van der Waals surface area contributed by atoms with E-state index in [-0.39, 0.29) is 11.4 Å². The minimum absolute atomic E-state index is 0.113. The van der Waals surface area contributed by atoms with E-state index in [4.69, 9.17) is 0 Å². The van der Waals surface area contributed by atoms with E-state index >= 15 is 0 Å². The molecule has 1 aromatic carbocycles. The van der Waals surface area contributed by atoms with Gasteiger partial charge in [0.05, 0.1) is 17.9 Å². The molecule has 0 aliphatic rings. The van der Waals surface area contributed by atoms with Crippen molar-refractivity contribution in [1.82, 2.24) is 4.31 Å². The Morgan fingerprint density at radius 1 is 1.23 bits per heavy atom. The first-order valence-electron chi connectivity index (χ1n) is 7.53. The molecule has 1 rings (SSSR count). The number of ether oxygens (including phenoxy) is 1. The molecule has 1 aromatic rings. The maximum absolute atomic E-state index is 12.7. The van der Waals surface area contributed by atoms with Crippen LogP contribution in [0.5, 0.6) is 0 Å². The lowest BCUT2D eigenvalue weighted by atomic mass is 10.1. The summed E-state index contributed by atoms with van der Waals surface area (Å²) < 4.78 is 31.3. The second-order valence-corrected chi connectivity index (χ2v) is 7.21. The Kier molecular flexibility index (Phi) is 7.03.